The van der Waals surface area contributed by atoms with E-state index in [4.69, 9.17) is 0 Å². The van der Waals surface area contributed by atoms with Crippen LogP contribution in [0.1, 0.15) is 43.2 Å². The highest BCUT2D eigenvalue weighted by Crippen LogP contribution is 2.29. The zero-order valence-corrected chi connectivity index (χ0v) is 16.3. The van der Waals surface area contributed by atoms with E-state index in [1.54, 1.807) is 12.1 Å². The molecule has 2 aliphatic rings. The third-order valence-electron chi connectivity index (χ3n) is 5.32. The molecule has 0 aromatic heterocycles. The summed E-state index contributed by atoms with van der Waals surface area (Å²) in [6, 6.07) is 16.3. The number of rotatable bonds is 7. The summed E-state index contributed by atoms with van der Waals surface area (Å²) >= 11 is 0. The Labute approximate surface area is 169 Å². The predicted molar refractivity (Wildman–Crippen MR) is 109 cm³/mol. The van der Waals surface area contributed by atoms with E-state index in [-0.39, 0.29) is 36.5 Å². The first-order chi connectivity index (χ1) is 14.1. The van der Waals surface area contributed by atoms with E-state index < -0.39 is 0 Å². The number of hydrazone groups is 1. The monoisotopic (exact) mass is 393 g/mol. The number of carbonyl (C=O) groups excluding carboxylic acids is 2. The van der Waals surface area contributed by atoms with Crippen LogP contribution in [-0.4, -0.2) is 40.0 Å². The van der Waals surface area contributed by atoms with Crippen molar-refractivity contribution < 1.29 is 14.0 Å². The molecule has 0 bridgehead atoms. The predicted octanol–water partition coefficient (Wildman–Crippen LogP) is 3.73. The fourth-order valence-electron chi connectivity index (χ4n) is 3.55. The molecule has 29 heavy (non-hydrogen) atoms. The normalized spacial score (nSPS) is 15.9. The lowest BCUT2D eigenvalue weighted by molar-refractivity contribution is -0.137. The number of nitrogens with zero attached hydrogens (tertiary/aromatic N) is 3. The van der Waals surface area contributed by atoms with Crippen molar-refractivity contribution in [2.24, 2.45) is 5.10 Å². The molecule has 4 rings (SSSR count). The molecule has 0 spiro atoms. The minimum atomic E-state index is -0.287. The average molecular weight is 393 g/mol. The van der Waals surface area contributed by atoms with Gasteiger partial charge in [0.25, 0.3) is 0 Å². The molecule has 5 nitrogen and oxygen atoms in total. The molecule has 0 N–H and O–H groups in total. The van der Waals surface area contributed by atoms with E-state index in [9.17, 15) is 14.0 Å². The van der Waals surface area contributed by atoms with Gasteiger partial charge in [-0.1, -0.05) is 42.5 Å². The lowest BCUT2D eigenvalue weighted by Crippen LogP contribution is -2.33. The van der Waals surface area contributed by atoms with E-state index >= 15 is 0 Å². The Morgan fingerprint density at radius 1 is 1.03 bits per heavy atom. The summed E-state index contributed by atoms with van der Waals surface area (Å²) in [5.41, 5.74) is 2.83. The number of carbonyl (C=O) groups is 2. The van der Waals surface area contributed by atoms with Crippen molar-refractivity contribution in [3.05, 3.63) is 71.5 Å². The standard InChI is InChI=1S/C23H24FN3O2/c24-19-8-6-17(7-9-19)16-26(20-10-11-20)22(28)12-13-23(29)27-15-14-21(25-27)18-4-2-1-3-5-18/h1-9,20H,10-16H2. The van der Waals surface area contributed by atoms with E-state index in [0.717, 1.165) is 36.1 Å². The van der Waals surface area contributed by atoms with E-state index in [1.807, 2.05) is 35.2 Å². The minimum absolute atomic E-state index is 0.0309. The summed E-state index contributed by atoms with van der Waals surface area (Å²) in [7, 11) is 0. The molecular weight excluding hydrogens is 369 g/mol. The number of halogens is 1. The van der Waals surface area contributed by atoms with Crippen molar-refractivity contribution in [2.75, 3.05) is 6.54 Å². The van der Waals surface area contributed by atoms with Crippen LogP contribution in [0.5, 0.6) is 0 Å². The smallest absolute Gasteiger partial charge is 0.243 e. The van der Waals surface area contributed by atoms with Gasteiger partial charge in [-0.3, -0.25) is 9.59 Å². The first kappa shape index (κ1) is 19.3. The maximum absolute atomic E-state index is 13.1. The molecule has 2 aromatic rings. The third-order valence-corrected chi connectivity index (χ3v) is 5.32. The van der Waals surface area contributed by atoms with Crippen LogP contribution in [0.4, 0.5) is 4.39 Å². The third kappa shape index (κ3) is 4.88. The number of amides is 2. The number of hydrogen-bond donors (Lipinski definition) is 0. The van der Waals surface area contributed by atoms with Gasteiger partial charge in [0.1, 0.15) is 5.82 Å². The Morgan fingerprint density at radius 2 is 1.76 bits per heavy atom. The lowest BCUT2D eigenvalue weighted by atomic mass is 10.1. The summed E-state index contributed by atoms with van der Waals surface area (Å²) in [5.74, 6) is -0.442. The Bertz CT molecular complexity index is 907. The highest BCUT2D eigenvalue weighted by Gasteiger charge is 2.33. The maximum Gasteiger partial charge on any atom is 0.243 e. The average Bonchev–Trinajstić information content (AvgIpc) is 3.47. The van der Waals surface area contributed by atoms with Crippen LogP contribution in [0.3, 0.4) is 0 Å². The van der Waals surface area contributed by atoms with Crippen molar-refractivity contribution in [3.8, 4) is 0 Å². The number of hydrogen-bond acceptors (Lipinski definition) is 3. The zero-order valence-electron chi connectivity index (χ0n) is 16.3. The second-order valence-electron chi connectivity index (χ2n) is 7.56. The number of benzene rings is 2. The Balaban J connectivity index is 1.32. The van der Waals surface area contributed by atoms with Crippen LogP contribution in [0.25, 0.3) is 0 Å². The van der Waals surface area contributed by atoms with E-state index in [0.29, 0.717) is 13.1 Å². The van der Waals surface area contributed by atoms with Crippen LogP contribution in [-0.2, 0) is 16.1 Å². The van der Waals surface area contributed by atoms with Crippen molar-refractivity contribution in [3.63, 3.8) is 0 Å². The fourth-order valence-corrected chi connectivity index (χ4v) is 3.55. The highest BCUT2D eigenvalue weighted by molar-refractivity contribution is 6.02. The van der Waals surface area contributed by atoms with Gasteiger partial charge in [0.05, 0.1) is 12.3 Å². The first-order valence-corrected chi connectivity index (χ1v) is 10.1. The molecule has 6 heteroatoms. The second-order valence-corrected chi connectivity index (χ2v) is 7.56. The van der Waals surface area contributed by atoms with Crippen LogP contribution in [0, 0.1) is 5.82 Å². The molecule has 0 radical (unpaired) electrons. The summed E-state index contributed by atoms with van der Waals surface area (Å²) in [5, 5.41) is 5.93. The first-order valence-electron chi connectivity index (χ1n) is 10.1. The van der Waals surface area contributed by atoms with E-state index in [1.165, 1.54) is 17.1 Å². The molecule has 150 valence electrons. The molecule has 2 amide bonds. The van der Waals surface area contributed by atoms with Crippen LogP contribution in [0.2, 0.25) is 0 Å². The van der Waals surface area contributed by atoms with Gasteiger partial charge in [-0.2, -0.15) is 5.10 Å². The van der Waals surface area contributed by atoms with Crippen molar-refractivity contribution >= 4 is 17.5 Å². The van der Waals surface area contributed by atoms with Gasteiger partial charge < -0.3 is 4.90 Å². The molecular formula is C23H24FN3O2. The largest absolute Gasteiger partial charge is 0.335 e. The van der Waals surface area contributed by atoms with Crippen LogP contribution >= 0.6 is 0 Å². The maximum atomic E-state index is 13.1. The molecule has 0 unspecified atom stereocenters. The second kappa shape index (κ2) is 8.55. The Kier molecular flexibility index (Phi) is 5.69. The zero-order chi connectivity index (χ0) is 20.2. The molecule has 0 atom stereocenters. The molecule has 1 aliphatic carbocycles. The van der Waals surface area contributed by atoms with Crippen LogP contribution < -0.4 is 0 Å². The van der Waals surface area contributed by atoms with Gasteiger partial charge in [0.2, 0.25) is 11.8 Å². The topological polar surface area (TPSA) is 53.0 Å². The van der Waals surface area contributed by atoms with Gasteiger partial charge in [-0.25, -0.2) is 9.40 Å². The van der Waals surface area contributed by atoms with Gasteiger partial charge in [-0.05, 0) is 36.1 Å². The fraction of sp³-hybridized carbons (Fsp3) is 0.348. The van der Waals surface area contributed by atoms with Gasteiger partial charge in [0.15, 0.2) is 0 Å². The SMILES string of the molecule is O=C(CCC(=O)N(Cc1ccc(F)cc1)C1CC1)N1CCC(c2ccccc2)=N1. The summed E-state index contributed by atoms with van der Waals surface area (Å²) in [4.78, 5) is 27.1. The van der Waals surface area contributed by atoms with Crippen LogP contribution in [0.15, 0.2) is 59.7 Å². The summed E-state index contributed by atoms with van der Waals surface area (Å²) < 4.78 is 13.1. The summed E-state index contributed by atoms with van der Waals surface area (Å²) in [6.07, 6.45) is 3.01. The van der Waals surface area contributed by atoms with Crippen molar-refractivity contribution in [2.45, 2.75) is 44.7 Å². The van der Waals surface area contributed by atoms with Crippen molar-refractivity contribution in [1.82, 2.24) is 9.91 Å². The quantitative estimate of drug-likeness (QED) is 0.720. The molecule has 1 heterocycles. The molecule has 0 saturated heterocycles. The van der Waals surface area contributed by atoms with E-state index in [2.05, 4.69) is 5.10 Å². The van der Waals surface area contributed by atoms with Gasteiger partial charge in [-0.15, -0.1) is 0 Å². The van der Waals surface area contributed by atoms with Gasteiger partial charge >= 0.3 is 0 Å². The molecule has 1 saturated carbocycles. The highest BCUT2D eigenvalue weighted by atomic mass is 19.1. The van der Waals surface area contributed by atoms with Gasteiger partial charge in [0, 0.05) is 31.8 Å². The molecule has 1 fully saturated rings. The Hall–Kier alpha value is -3.02. The Morgan fingerprint density at radius 3 is 2.45 bits per heavy atom. The summed E-state index contributed by atoms with van der Waals surface area (Å²) in [6.45, 7) is 1.01. The lowest BCUT2D eigenvalue weighted by Gasteiger charge is -2.23. The van der Waals surface area contributed by atoms with Crippen molar-refractivity contribution in [1.29, 1.82) is 0 Å². The molecule has 1 aliphatic heterocycles. The molecule has 2 aromatic carbocycles. The minimum Gasteiger partial charge on any atom is -0.335 e.